The van der Waals surface area contributed by atoms with Gasteiger partial charge in [0, 0.05) is 12.7 Å². The Morgan fingerprint density at radius 2 is 2.04 bits per heavy atom. The monoisotopic (exact) mass is 312 g/mol. The number of aryl methyl sites for hydroxylation is 2. The van der Waals surface area contributed by atoms with E-state index >= 15 is 0 Å². The first-order chi connectivity index (χ1) is 11.0. The number of carbonyl (C=O) groups is 1. The molecule has 5 nitrogen and oxygen atoms in total. The zero-order valence-electron chi connectivity index (χ0n) is 13.1. The number of imidazole rings is 1. The van der Waals surface area contributed by atoms with E-state index in [9.17, 15) is 9.18 Å². The van der Waals surface area contributed by atoms with Crippen LogP contribution in [0.4, 0.5) is 15.8 Å². The number of carbonyl (C=O) groups excluding carboxylic acids is 1. The summed E-state index contributed by atoms with van der Waals surface area (Å²) in [5.41, 5.74) is 3.85. The van der Waals surface area contributed by atoms with E-state index in [-0.39, 0.29) is 22.7 Å². The Labute approximate surface area is 132 Å². The lowest BCUT2D eigenvalue weighted by molar-refractivity contribution is 0.0963. The third kappa shape index (κ3) is 2.63. The van der Waals surface area contributed by atoms with Crippen molar-refractivity contribution in [2.45, 2.75) is 13.8 Å². The molecular formula is C17H17FN4O. The third-order valence-corrected chi connectivity index (χ3v) is 3.77. The van der Waals surface area contributed by atoms with Crippen molar-refractivity contribution in [3.63, 3.8) is 0 Å². The van der Waals surface area contributed by atoms with Gasteiger partial charge >= 0.3 is 0 Å². The molecule has 3 N–H and O–H groups in total. The summed E-state index contributed by atoms with van der Waals surface area (Å²) in [5, 5.41) is 5.58. The number of nitrogens with zero attached hydrogens (tertiary/aromatic N) is 1. The predicted octanol–water partition coefficient (Wildman–Crippen LogP) is 3.42. The second kappa shape index (κ2) is 5.72. The lowest BCUT2D eigenvalue weighted by Crippen LogP contribution is -2.20. The van der Waals surface area contributed by atoms with Gasteiger partial charge in [0.05, 0.1) is 23.1 Å². The van der Waals surface area contributed by atoms with E-state index in [2.05, 4.69) is 20.6 Å². The molecule has 0 bridgehead atoms. The van der Waals surface area contributed by atoms with Crippen LogP contribution in [-0.2, 0) is 0 Å². The minimum atomic E-state index is -0.553. The zero-order valence-corrected chi connectivity index (χ0v) is 13.1. The summed E-state index contributed by atoms with van der Waals surface area (Å²) in [6.07, 6.45) is 1.41. The Bertz CT molecular complexity index is 901. The molecular weight excluding hydrogens is 295 g/mol. The number of nitrogens with one attached hydrogen (secondary N) is 3. The van der Waals surface area contributed by atoms with Crippen molar-refractivity contribution < 1.29 is 9.18 Å². The highest BCUT2D eigenvalue weighted by Crippen LogP contribution is 2.31. The second-order valence-electron chi connectivity index (χ2n) is 5.43. The van der Waals surface area contributed by atoms with Gasteiger partial charge in [-0.3, -0.25) is 4.79 Å². The van der Waals surface area contributed by atoms with Crippen molar-refractivity contribution in [1.29, 1.82) is 0 Å². The number of aromatic amines is 1. The summed E-state index contributed by atoms with van der Waals surface area (Å²) < 4.78 is 14.8. The van der Waals surface area contributed by atoms with Crippen LogP contribution in [0.25, 0.3) is 11.0 Å². The maximum Gasteiger partial charge on any atom is 0.253 e. The predicted molar refractivity (Wildman–Crippen MR) is 88.6 cm³/mol. The Morgan fingerprint density at radius 3 is 2.74 bits per heavy atom. The topological polar surface area (TPSA) is 69.8 Å². The number of rotatable bonds is 3. The van der Waals surface area contributed by atoms with E-state index in [0.29, 0.717) is 5.52 Å². The average molecular weight is 312 g/mol. The fourth-order valence-corrected chi connectivity index (χ4v) is 2.57. The number of H-pyrrole nitrogens is 1. The Kier molecular flexibility index (Phi) is 3.73. The fraction of sp³-hybridized carbons (Fsp3) is 0.176. The molecule has 6 heteroatoms. The summed E-state index contributed by atoms with van der Waals surface area (Å²) in [6.45, 7) is 3.92. The van der Waals surface area contributed by atoms with E-state index in [0.717, 1.165) is 16.8 Å². The van der Waals surface area contributed by atoms with Gasteiger partial charge in [-0.1, -0.05) is 17.7 Å². The van der Waals surface area contributed by atoms with Crippen molar-refractivity contribution in [3.8, 4) is 0 Å². The number of amides is 1. The maximum atomic E-state index is 14.8. The summed E-state index contributed by atoms with van der Waals surface area (Å²) in [7, 11) is 1.51. The smallest absolute Gasteiger partial charge is 0.253 e. The molecule has 0 saturated carbocycles. The van der Waals surface area contributed by atoms with E-state index < -0.39 is 5.82 Å². The number of hydrogen-bond acceptors (Lipinski definition) is 3. The van der Waals surface area contributed by atoms with Gasteiger partial charge < -0.3 is 15.6 Å². The highest BCUT2D eigenvalue weighted by molar-refractivity contribution is 6.04. The van der Waals surface area contributed by atoms with Crippen molar-refractivity contribution in [2.24, 2.45) is 0 Å². The lowest BCUT2D eigenvalue weighted by atomic mass is 10.1. The van der Waals surface area contributed by atoms with Crippen LogP contribution in [0.2, 0.25) is 0 Å². The molecule has 23 heavy (non-hydrogen) atoms. The first-order valence-corrected chi connectivity index (χ1v) is 7.23. The fourth-order valence-electron chi connectivity index (χ4n) is 2.57. The van der Waals surface area contributed by atoms with Crippen molar-refractivity contribution in [2.75, 3.05) is 12.4 Å². The first-order valence-electron chi connectivity index (χ1n) is 7.23. The average Bonchev–Trinajstić information content (AvgIpc) is 3.00. The number of aromatic nitrogens is 2. The van der Waals surface area contributed by atoms with Crippen molar-refractivity contribution >= 4 is 28.3 Å². The van der Waals surface area contributed by atoms with Crippen LogP contribution in [0, 0.1) is 19.7 Å². The zero-order chi connectivity index (χ0) is 16.6. The van der Waals surface area contributed by atoms with Gasteiger partial charge in [0.1, 0.15) is 5.52 Å². The van der Waals surface area contributed by atoms with Gasteiger partial charge in [-0.15, -0.1) is 0 Å². The molecule has 118 valence electrons. The largest absolute Gasteiger partial charge is 0.355 e. The van der Waals surface area contributed by atoms with Gasteiger partial charge in [-0.25, -0.2) is 9.37 Å². The molecule has 0 spiro atoms. The standard InChI is InChI=1S/C17H17FN4O/c1-9-4-5-12(10(2)6-9)22-15-11(17(23)19-3)7-13-16(14(15)18)21-8-20-13/h4-8,22H,1-3H3,(H,19,23)(H,20,21). The molecule has 0 fully saturated rings. The number of anilines is 2. The van der Waals surface area contributed by atoms with Gasteiger partial charge in [0.2, 0.25) is 0 Å². The number of fused-ring (bicyclic) bond motifs is 1. The van der Waals surface area contributed by atoms with Crippen molar-refractivity contribution in [3.05, 3.63) is 53.1 Å². The highest BCUT2D eigenvalue weighted by Gasteiger charge is 2.20. The van der Waals surface area contributed by atoms with Crippen LogP contribution in [0.1, 0.15) is 21.5 Å². The molecule has 0 radical (unpaired) electrons. The van der Waals surface area contributed by atoms with Crippen LogP contribution >= 0.6 is 0 Å². The molecule has 0 aliphatic rings. The minimum Gasteiger partial charge on any atom is -0.355 e. The molecule has 3 aromatic rings. The Morgan fingerprint density at radius 1 is 1.26 bits per heavy atom. The van der Waals surface area contributed by atoms with Gasteiger partial charge in [0.25, 0.3) is 5.91 Å². The normalized spacial score (nSPS) is 10.8. The van der Waals surface area contributed by atoms with E-state index in [1.807, 2.05) is 32.0 Å². The molecule has 1 amide bonds. The number of hydrogen-bond donors (Lipinski definition) is 3. The molecule has 0 aliphatic carbocycles. The number of benzene rings is 2. The maximum absolute atomic E-state index is 14.8. The van der Waals surface area contributed by atoms with E-state index in [1.165, 1.54) is 13.4 Å². The molecule has 0 aliphatic heterocycles. The molecule has 3 rings (SSSR count). The molecule has 1 heterocycles. The van der Waals surface area contributed by atoms with Crippen LogP contribution in [0.15, 0.2) is 30.6 Å². The molecule has 2 aromatic carbocycles. The number of halogens is 1. The van der Waals surface area contributed by atoms with Crippen molar-refractivity contribution in [1.82, 2.24) is 15.3 Å². The van der Waals surface area contributed by atoms with Crippen LogP contribution in [-0.4, -0.2) is 22.9 Å². The third-order valence-electron chi connectivity index (χ3n) is 3.77. The van der Waals surface area contributed by atoms with Crippen LogP contribution in [0.5, 0.6) is 0 Å². The molecule has 0 saturated heterocycles. The lowest BCUT2D eigenvalue weighted by Gasteiger charge is -2.15. The summed E-state index contributed by atoms with van der Waals surface area (Å²) >= 11 is 0. The molecule has 0 unspecified atom stereocenters. The van der Waals surface area contributed by atoms with Gasteiger partial charge in [-0.05, 0) is 31.5 Å². The van der Waals surface area contributed by atoms with Gasteiger partial charge in [-0.2, -0.15) is 0 Å². The quantitative estimate of drug-likeness (QED) is 0.694. The van der Waals surface area contributed by atoms with E-state index in [4.69, 9.17) is 0 Å². The molecule has 0 atom stereocenters. The first kappa shape index (κ1) is 15.0. The van der Waals surface area contributed by atoms with E-state index in [1.54, 1.807) is 6.07 Å². The Hall–Kier alpha value is -2.89. The summed E-state index contributed by atoms with van der Waals surface area (Å²) in [6, 6.07) is 7.38. The van der Waals surface area contributed by atoms with Crippen LogP contribution < -0.4 is 10.6 Å². The second-order valence-corrected chi connectivity index (χ2v) is 5.43. The summed E-state index contributed by atoms with van der Waals surface area (Å²) in [4.78, 5) is 18.9. The van der Waals surface area contributed by atoms with Gasteiger partial charge in [0.15, 0.2) is 5.82 Å². The molecule has 1 aromatic heterocycles. The minimum absolute atomic E-state index is 0.121. The van der Waals surface area contributed by atoms with Crippen LogP contribution in [0.3, 0.4) is 0 Å². The highest BCUT2D eigenvalue weighted by atomic mass is 19.1. The summed E-state index contributed by atoms with van der Waals surface area (Å²) in [5.74, 6) is -0.921. The Balaban J connectivity index is 2.17. The SMILES string of the molecule is CNC(=O)c1cc2[nH]cnc2c(F)c1Nc1ccc(C)cc1C.